The van der Waals surface area contributed by atoms with Gasteiger partial charge in [-0.1, -0.05) is 23.9 Å². The lowest BCUT2D eigenvalue weighted by Gasteiger charge is -2.14. The van der Waals surface area contributed by atoms with E-state index in [0.717, 1.165) is 5.04 Å². The third kappa shape index (κ3) is 2.10. The first kappa shape index (κ1) is 11.5. The second-order valence-electron chi connectivity index (χ2n) is 3.66. The zero-order chi connectivity index (χ0) is 10.8. The van der Waals surface area contributed by atoms with Gasteiger partial charge in [0.05, 0.1) is 5.54 Å². The molecule has 0 saturated heterocycles. The van der Waals surface area contributed by atoms with E-state index in [2.05, 4.69) is 31.5 Å². The van der Waals surface area contributed by atoms with Gasteiger partial charge in [-0.25, -0.2) is 0 Å². The molecule has 0 aromatic carbocycles. The van der Waals surface area contributed by atoms with E-state index in [0.29, 0.717) is 0 Å². The van der Waals surface area contributed by atoms with Gasteiger partial charge in [0.1, 0.15) is 11.1 Å². The minimum absolute atomic E-state index is 0.0725. The Morgan fingerprint density at radius 2 is 2.21 bits per heavy atom. The van der Waals surface area contributed by atoms with Crippen LogP contribution in [0.4, 0.5) is 0 Å². The van der Waals surface area contributed by atoms with E-state index in [4.69, 9.17) is 4.74 Å². The molecule has 0 fully saturated rings. The maximum absolute atomic E-state index is 5.27. The fourth-order valence-electron chi connectivity index (χ4n) is 1.42. The SMILES string of the molecule is C=CC(OC)C1=NC(C)(C)/C(=C/C)S1. The van der Waals surface area contributed by atoms with Crippen molar-refractivity contribution in [1.29, 1.82) is 0 Å². The monoisotopic (exact) mass is 211 g/mol. The maximum atomic E-state index is 5.27. The number of aliphatic imine (C=N–C) groups is 1. The molecule has 0 N–H and O–H groups in total. The summed E-state index contributed by atoms with van der Waals surface area (Å²) >= 11 is 1.69. The predicted octanol–water partition coefficient (Wildman–Crippen LogP) is 3.02. The van der Waals surface area contributed by atoms with E-state index >= 15 is 0 Å². The quantitative estimate of drug-likeness (QED) is 0.669. The molecule has 1 rings (SSSR count). The molecule has 1 atom stereocenters. The fraction of sp³-hybridized carbons (Fsp3) is 0.545. The van der Waals surface area contributed by atoms with Crippen LogP contribution in [-0.4, -0.2) is 23.8 Å². The summed E-state index contributed by atoms with van der Waals surface area (Å²) in [5, 5.41) is 1.00. The molecule has 0 amide bonds. The van der Waals surface area contributed by atoms with Crippen molar-refractivity contribution in [3.8, 4) is 0 Å². The molecule has 78 valence electrons. The molecule has 1 aliphatic heterocycles. The Labute approximate surface area is 90.1 Å². The maximum Gasteiger partial charge on any atom is 0.123 e. The second kappa shape index (κ2) is 4.32. The van der Waals surface area contributed by atoms with Gasteiger partial charge in [-0.05, 0) is 20.8 Å². The van der Waals surface area contributed by atoms with Gasteiger partial charge in [0, 0.05) is 12.0 Å². The van der Waals surface area contributed by atoms with Crippen LogP contribution in [0.3, 0.4) is 0 Å². The van der Waals surface area contributed by atoms with Crippen molar-refractivity contribution >= 4 is 16.8 Å². The van der Waals surface area contributed by atoms with E-state index < -0.39 is 0 Å². The number of ether oxygens (including phenoxy) is 1. The minimum Gasteiger partial charge on any atom is -0.370 e. The fourth-order valence-corrected chi connectivity index (χ4v) is 2.64. The third-order valence-corrected chi connectivity index (χ3v) is 3.67. The summed E-state index contributed by atoms with van der Waals surface area (Å²) in [6, 6.07) is 0. The Hall–Kier alpha value is -0.540. The molecular weight excluding hydrogens is 194 g/mol. The molecule has 0 radical (unpaired) electrons. The summed E-state index contributed by atoms with van der Waals surface area (Å²) in [6.45, 7) is 9.99. The number of hydrogen-bond acceptors (Lipinski definition) is 3. The number of nitrogens with zero attached hydrogens (tertiary/aromatic N) is 1. The number of thioether (sulfide) groups is 1. The first-order valence-electron chi connectivity index (χ1n) is 4.65. The highest BCUT2D eigenvalue weighted by molar-refractivity contribution is 8.17. The molecule has 1 heterocycles. The summed E-state index contributed by atoms with van der Waals surface area (Å²) in [5.41, 5.74) is -0.103. The van der Waals surface area contributed by atoms with E-state index in [9.17, 15) is 0 Å². The molecule has 1 aliphatic rings. The molecular formula is C11H17NOS. The summed E-state index contributed by atoms with van der Waals surface area (Å²) < 4.78 is 5.27. The number of hydrogen-bond donors (Lipinski definition) is 0. The van der Waals surface area contributed by atoms with Crippen LogP contribution in [0.2, 0.25) is 0 Å². The molecule has 0 bridgehead atoms. The molecule has 0 spiro atoms. The highest BCUT2D eigenvalue weighted by Gasteiger charge is 2.33. The van der Waals surface area contributed by atoms with Crippen LogP contribution in [0.5, 0.6) is 0 Å². The van der Waals surface area contributed by atoms with E-state index in [1.165, 1.54) is 4.91 Å². The highest BCUT2D eigenvalue weighted by atomic mass is 32.2. The van der Waals surface area contributed by atoms with Crippen LogP contribution in [0.1, 0.15) is 20.8 Å². The first-order chi connectivity index (χ1) is 6.55. The smallest absolute Gasteiger partial charge is 0.123 e. The van der Waals surface area contributed by atoms with Gasteiger partial charge in [-0.2, -0.15) is 0 Å². The Kier molecular flexibility index (Phi) is 3.56. The van der Waals surface area contributed by atoms with Crippen molar-refractivity contribution < 1.29 is 4.74 Å². The van der Waals surface area contributed by atoms with Gasteiger partial charge in [0.25, 0.3) is 0 Å². The Morgan fingerprint density at radius 1 is 1.57 bits per heavy atom. The average Bonchev–Trinajstić information content (AvgIpc) is 2.43. The van der Waals surface area contributed by atoms with Gasteiger partial charge in [-0.15, -0.1) is 6.58 Å². The van der Waals surface area contributed by atoms with Gasteiger partial charge in [-0.3, -0.25) is 4.99 Å². The summed E-state index contributed by atoms with van der Waals surface area (Å²) in [6.07, 6.45) is 3.81. The predicted molar refractivity (Wildman–Crippen MR) is 63.9 cm³/mol. The number of rotatable bonds is 3. The summed E-state index contributed by atoms with van der Waals surface area (Å²) in [5.74, 6) is 0. The number of methoxy groups -OCH3 is 1. The molecule has 0 aromatic heterocycles. The molecule has 0 saturated carbocycles. The number of allylic oxidation sites excluding steroid dienone is 1. The van der Waals surface area contributed by atoms with Crippen molar-refractivity contribution in [2.24, 2.45) is 4.99 Å². The zero-order valence-electron chi connectivity index (χ0n) is 9.20. The molecule has 0 aliphatic carbocycles. The van der Waals surface area contributed by atoms with Crippen LogP contribution in [0, 0.1) is 0 Å². The lowest BCUT2D eigenvalue weighted by Crippen LogP contribution is -2.17. The van der Waals surface area contributed by atoms with Gasteiger partial charge >= 0.3 is 0 Å². The van der Waals surface area contributed by atoms with E-state index in [1.54, 1.807) is 24.9 Å². The van der Waals surface area contributed by atoms with Crippen molar-refractivity contribution in [2.75, 3.05) is 7.11 Å². The van der Waals surface area contributed by atoms with E-state index in [1.807, 2.05) is 6.92 Å². The van der Waals surface area contributed by atoms with Crippen LogP contribution in [0.15, 0.2) is 28.6 Å². The topological polar surface area (TPSA) is 21.6 Å². The molecule has 0 aromatic rings. The second-order valence-corrected chi connectivity index (χ2v) is 4.72. The van der Waals surface area contributed by atoms with Gasteiger partial charge < -0.3 is 4.74 Å². The summed E-state index contributed by atoms with van der Waals surface area (Å²) in [7, 11) is 1.68. The van der Waals surface area contributed by atoms with Crippen molar-refractivity contribution in [1.82, 2.24) is 0 Å². The normalized spacial score (nSPS) is 24.9. The van der Waals surface area contributed by atoms with Crippen molar-refractivity contribution in [2.45, 2.75) is 32.4 Å². The lowest BCUT2D eigenvalue weighted by molar-refractivity contribution is 0.193. The standard InChI is InChI=1S/C11H17NOS/c1-6-8(13-5)10-12-11(3,4)9(7-2)14-10/h6-8H,1H2,2-5H3/b9-7-. The highest BCUT2D eigenvalue weighted by Crippen LogP contribution is 2.40. The third-order valence-electron chi connectivity index (χ3n) is 2.18. The molecule has 2 nitrogen and oxygen atoms in total. The zero-order valence-corrected chi connectivity index (χ0v) is 10.0. The Morgan fingerprint density at radius 3 is 2.57 bits per heavy atom. The lowest BCUT2D eigenvalue weighted by atomic mass is 10.1. The summed E-state index contributed by atoms with van der Waals surface area (Å²) in [4.78, 5) is 5.90. The van der Waals surface area contributed by atoms with Crippen molar-refractivity contribution in [3.05, 3.63) is 23.6 Å². The van der Waals surface area contributed by atoms with Crippen LogP contribution >= 0.6 is 11.8 Å². The molecule has 3 heteroatoms. The van der Waals surface area contributed by atoms with Crippen LogP contribution in [0.25, 0.3) is 0 Å². The first-order valence-corrected chi connectivity index (χ1v) is 5.46. The minimum atomic E-state index is -0.103. The largest absolute Gasteiger partial charge is 0.370 e. The van der Waals surface area contributed by atoms with Gasteiger partial charge in [0.2, 0.25) is 0 Å². The molecule has 14 heavy (non-hydrogen) atoms. The van der Waals surface area contributed by atoms with E-state index in [-0.39, 0.29) is 11.6 Å². The van der Waals surface area contributed by atoms with Crippen LogP contribution < -0.4 is 0 Å². The Balaban J connectivity index is 2.91. The Bertz CT molecular complexity index is 292. The van der Waals surface area contributed by atoms with Crippen LogP contribution in [-0.2, 0) is 4.74 Å². The van der Waals surface area contributed by atoms with Crippen molar-refractivity contribution in [3.63, 3.8) is 0 Å². The average molecular weight is 211 g/mol. The van der Waals surface area contributed by atoms with Gasteiger partial charge in [0.15, 0.2) is 0 Å². The molecule has 1 unspecified atom stereocenters.